The lowest BCUT2D eigenvalue weighted by Gasteiger charge is -2.21. The Morgan fingerprint density at radius 3 is 2.62 bits per heavy atom. The molecule has 0 bridgehead atoms. The molecule has 0 atom stereocenters. The van der Waals surface area contributed by atoms with E-state index in [2.05, 4.69) is 15.3 Å². The largest absolute Gasteiger partial charge is 0.418 e. The Bertz CT molecular complexity index is 1220. The average Bonchev–Trinajstić information content (AvgIpc) is 3.15. The van der Waals surface area contributed by atoms with Gasteiger partial charge in [-0.25, -0.2) is 4.98 Å². The molecule has 1 aromatic heterocycles. The molecule has 0 aliphatic carbocycles. The number of alkyl halides is 3. The molecule has 1 amide bonds. The third-order valence-electron chi connectivity index (χ3n) is 5.01. The number of aromatic nitrogens is 1. The van der Waals surface area contributed by atoms with E-state index in [1.54, 1.807) is 17.6 Å². The van der Waals surface area contributed by atoms with Crippen molar-refractivity contribution >= 4 is 40.0 Å². The third kappa shape index (κ3) is 4.23. The van der Waals surface area contributed by atoms with Crippen LogP contribution in [0.25, 0.3) is 11.3 Å². The molecule has 0 fully saturated rings. The Labute approximate surface area is 186 Å². The number of fused-ring (bicyclic) bond motifs is 1. The lowest BCUT2D eigenvalue weighted by molar-refractivity contribution is -0.137. The number of anilines is 2. The van der Waals surface area contributed by atoms with Gasteiger partial charge in [-0.1, -0.05) is 18.2 Å². The van der Waals surface area contributed by atoms with Crippen LogP contribution >= 0.6 is 11.3 Å². The summed E-state index contributed by atoms with van der Waals surface area (Å²) in [7, 11) is 3.04. The molecule has 32 heavy (non-hydrogen) atoms. The second-order valence-corrected chi connectivity index (χ2v) is 8.36. The Kier molecular flexibility index (Phi) is 5.74. The zero-order valence-electron chi connectivity index (χ0n) is 17.2. The molecule has 2 heterocycles. The number of aliphatic hydroxyl groups is 1. The second kappa shape index (κ2) is 8.36. The van der Waals surface area contributed by atoms with E-state index in [1.165, 1.54) is 36.4 Å². The normalized spacial score (nSPS) is 13.8. The van der Waals surface area contributed by atoms with Crippen molar-refractivity contribution in [1.29, 1.82) is 0 Å². The highest BCUT2D eigenvalue weighted by molar-refractivity contribution is 7.10. The standard InChI is InChI=1S/C22H19F3N4O2S/c1-29(2)18-8-17-16(7-14(18)22(23,24)25)28-20(31)9-15(27-17)12-4-3-5-13(6-12)21-19(10-30)32-11-26-21/h3-8,11,30H,9-10H2,1-2H3,(H,28,31). The van der Waals surface area contributed by atoms with Gasteiger partial charge in [0.05, 0.1) is 57.4 Å². The van der Waals surface area contributed by atoms with Gasteiger partial charge in [0.1, 0.15) is 0 Å². The molecule has 1 aliphatic rings. The van der Waals surface area contributed by atoms with Crippen molar-refractivity contribution in [3.63, 3.8) is 0 Å². The van der Waals surface area contributed by atoms with Crippen LogP contribution in [0, 0.1) is 0 Å². The van der Waals surface area contributed by atoms with Gasteiger partial charge in [0.15, 0.2) is 0 Å². The Morgan fingerprint density at radius 1 is 1.19 bits per heavy atom. The van der Waals surface area contributed by atoms with Crippen LogP contribution in [0.1, 0.15) is 22.4 Å². The Balaban J connectivity index is 1.83. The number of nitrogens with one attached hydrogen (secondary N) is 1. The number of hydrogen-bond donors (Lipinski definition) is 2. The predicted octanol–water partition coefficient (Wildman–Crippen LogP) is 4.85. The van der Waals surface area contributed by atoms with Gasteiger partial charge in [0.2, 0.25) is 5.91 Å². The zero-order chi connectivity index (χ0) is 23.0. The number of aliphatic hydroxyl groups excluding tert-OH is 1. The van der Waals surface area contributed by atoms with Crippen molar-refractivity contribution in [3.8, 4) is 11.3 Å². The van der Waals surface area contributed by atoms with Crippen LogP contribution in [0.15, 0.2) is 46.9 Å². The van der Waals surface area contributed by atoms with Crippen LogP contribution in [0.4, 0.5) is 30.2 Å². The maximum atomic E-state index is 13.6. The molecule has 166 valence electrons. The highest BCUT2D eigenvalue weighted by Crippen LogP contribution is 2.43. The first kappa shape index (κ1) is 22.0. The first-order valence-corrected chi connectivity index (χ1v) is 10.5. The molecule has 6 nitrogen and oxygen atoms in total. The fraction of sp³-hybridized carbons (Fsp3) is 0.227. The van der Waals surface area contributed by atoms with E-state index < -0.39 is 17.6 Å². The number of thiazole rings is 1. The van der Waals surface area contributed by atoms with E-state index in [4.69, 9.17) is 0 Å². The fourth-order valence-electron chi connectivity index (χ4n) is 3.53. The lowest BCUT2D eigenvalue weighted by atomic mass is 10.0. The molecule has 2 aromatic carbocycles. The Morgan fingerprint density at radius 2 is 1.94 bits per heavy atom. The van der Waals surface area contributed by atoms with Gasteiger partial charge < -0.3 is 15.3 Å². The number of rotatable bonds is 4. The van der Waals surface area contributed by atoms with E-state index >= 15 is 0 Å². The van der Waals surface area contributed by atoms with E-state index in [0.717, 1.165) is 11.6 Å². The van der Waals surface area contributed by atoms with E-state index in [9.17, 15) is 23.1 Å². The minimum atomic E-state index is -4.58. The monoisotopic (exact) mass is 460 g/mol. The van der Waals surface area contributed by atoms with Crippen LogP contribution in [0.2, 0.25) is 0 Å². The molecule has 1 aliphatic heterocycles. The van der Waals surface area contributed by atoms with Crippen LogP contribution in [-0.4, -0.2) is 35.8 Å². The van der Waals surface area contributed by atoms with E-state index in [-0.39, 0.29) is 30.1 Å². The summed E-state index contributed by atoms with van der Waals surface area (Å²) in [5.41, 5.74) is 3.48. The minimum absolute atomic E-state index is 0.0150. The minimum Gasteiger partial charge on any atom is -0.391 e. The first-order valence-electron chi connectivity index (χ1n) is 9.61. The van der Waals surface area contributed by atoms with Crippen molar-refractivity contribution < 1.29 is 23.1 Å². The number of carbonyl (C=O) groups is 1. The number of aliphatic imine (C=N–C) groups is 1. The maximum Gasteiger partial charge on any atom is 0.418 e. The highest BCUT2D eigenvalue weighted by Gasteiger charge is 2.36. The number of hydrogen-bond acceptors (Lipinski definition) is 6. The van der Waals surface area contributed by atoms with Gasteiger partial charge in [0, 0.05) is 19.7 Å². The molecule has 0 spiro atoms. The van der Waals surface area contributed by atoms with Crippen molar-refractivity contribution in [3.05, 3.63) is 57.9 Å². The van der Waals surface area contributed by atoms with Gasteiger partial charge in [-0.15, -0.1) is 11.3 Å². The first-order chi connectivity index (χ1) is 15.2. The van der Waals surface area contributed by atoms with Crippen LogP contribution < -0.4 is 10.2 Å². The number of benzene rings is 2. The topological polar surface area (TPSA) is 77.8 Å². The molecule has 0 unspecified atom stereocenters. The summed E-state index contributed by atoms with van der Waals surface area (Å²) in [6, 6.07) is 9.47. The average molecular weight is 460 g/mol. The zero-order valence-corrected chi connectivity index (χ0v) is 18.0. The van der Waals surface area contributed by atoms with Crippen molar-refractivity contribution in [2.45, 2.75) is 19.2 Å². The van der Waals surface area contributed by atoms with Crippen molar-refractivity contribution in [1.82, 2.24) is 4.98 Å². The molecule has 0 radical (unpaired) electrons. The summed E-state index contributed by atoms with van der Waals surface area (Å²) in [4.78, 5) is 23.4. The molecule has 2 N–H and O–H groups in total. The number of amides is 1. The van der Waals surface area contributed by atoms with Crippen LogP contribution in [0.5, 0.6) is 0 Å². The number of carbonyl (C=O) groups excluding carboxylic acids is 1. The van der Waals surface area contributed by atoms with Crippen molar-refractivity contribution in [2.24, 2.45) is 4.99 Å². The SMILES string of the molecule is CN(C)c1cc2c(cc1C(F)(F)F)NC(=O)CC(c1cccc(-c3ncsc3CO)c1)=N2. The molecule has 0 saturated carbocycles. The highest BCUT2D eigenvalue weighted by atomic mass is 32.1. The lowest BCUT2D eigenvalue weighted by Crippen LogP contribution is -2.18. The number of nitrogens with zero attached hydrogens (tertiary/aromatic N) is 3. The van der Waals surface area contributed by atoms with Crippen molar-refractivity contribution in [2.75, 3.05) is 24.3 Å². The van der Waals surface area contributed by atoms with Gasteiger partial charge in [-0.2, -0.15) is 13.2 Å². The maximum absolute atomic E-state index is 13.6. The fourth-order valence-corrected chi connectivity index (χ4v) is 4.17. The summed E-state index contributed by atoms with van der Waals surface area (Å²) in [6.45, 7) is -0.143. The van der Waals surface area contributed by atoms with Crippen LogP contribution in [-0.2, 0) is 17.6 Å². The van der Waals surface area contributed by atoms with E-state index in [0.29, 0.717) is 21.8 Å². The number of halogens is 3. The molecule has 4 rings (SSSR count). The third-order valence-corrected chi connectivity index (χ3v) is 5.83. The molecule has 10 heteroatoms. The summed E-state index contributed by atoms with van der Waals surface area (Å²) in [5.74, 6) is -0.455. The van der Waals surface area contributed by atoms with E-state index in [1.807, 2.05) is 12.1 Å². The van der Waals surface area contributed by atoms with Gasteiger partial charge in [0.25, 0.3) is 0 Å². The summed E-state index contributed by atoms with van der Waals surface area (Å²) in [5, 5.41) is 12.1. The quantitative estimate of drug-likeness (QED) is 0.584. The van der Waals surface area contributed by atoms with Gasteiger partial charge >= 0.3 is 6.18 Å². The summed E-state index contributed by atoms with van der Waals surface area (Å²) < 4.78 is 40.7. The molecular weight excluding hydrogens is 441 g/mol. The molecule has 0 saturated heterocycles. The molecular formula is C22H19F3N4O2S. The summed E-state index contributed by atoms with van der Waals surface area (Å²) in [6.07, 6.45) is -4.68. The van der Waals surface area contributed by atoms with Gasteiger partial charge in [-0.3, -0.25) is 9.79 Å². The Hall–Kier alpha value is -3.24. The predicted molar refractivity (Wildman–Crippen MR) is 119 cm³/mol. The van der Waals surface area contributed by atoms with Gasteiger partial charge in [-0.05, 0) is 23.8 Å². The summed E-state index contributed by atoms with van der Waals surface area (Å²) >= 11 is 1.34. The molecule has 3 aromatic rings. The van der Waals surface area contributed by atoms with Crippen LogP contribution in [0.3, 0.4) is 0 Å². The second-order valence-electron chi connectivity index (χ2n) is 7.43. The smallest absolute Gasteiger partial charge is 0.391 e.